The van der Waals surface area contributed by atoms with E-state index in [0.717, 1.165) is 11.1 Å². The Bertz CT molecular complexity index is 1530. The van der Waals surface area contributed by atoms with E-state index in [4.69, 9.17) is 11.6 Å². The highest BCUT2D eigenvalue weighted by Gasteiger charge is 2.39. The summed E-state index contributed by atoms with van der Waals surface area (Å²) in [5.74, 6) is -0.166. The predicted molar refractivity (Wildman–Crippen MR) is 139 cm³/mol. The van der Waals surface area contributed by atoms with Crippen molar-refractivity contribution in [3.05, 3.63) is 88.9 Å². The number of pyridine rings is 1. The minimum absolute atomic E-state index is 0.0792. The summed E-state index contributed by atoms with van der Waals surface area (Å²) in [6.45, 7) is 3.79. The molecule has 0 spiro atoms. The van der Waals surface area contributed by atoms with Crippen LogP contribution in [-0.4, -0.2) is 58.4 Å². The first-order chi connectivity index (χ1) is 17.2. The van der Waals surface area contributed by atoms with Gasteiger partial charge in [-0.1, -0.05) is 23.7 Å². The van der Waals surface area contributed by atoms with Gasteiger partial charge in [-0.3, -0.25) is 9.78 Å². The minimum Gasteiger partial charge on any atom is -0.805 e. The normalized spacial score (nSPS) is 19.0. The molecule has 3 heterocycles. The second kappa shape index (κ2) is 9.24. The van der Waals surface area contributed by atoms with E-state index in [0.29, 0.717) is 20.7 Å². The lowest BCUT2D eigenvalue weighted by atomic mass is 10.0. The summed E-state index contributed by atoms with van der Waals surface area (Å²) in [6, 6.07) is 16.3. The number of hydrogen-bond donors (Lipinski definition) is 0. The molecule has 0 aliphatic carbocycles. The van der Waals surface area contributed by atoms with E-state index in [2.05, 4.69) is 4.98 Å². The second-order valence-corrected chi connectivity index (χ2v) is 11.3. The van der Waals surface area contributed by atoms with Crippen LogP contribution in [0, 0.1) is 5.21 Å². The van der Waals surface area contributed by atoms with Crippen molar-refractivity contribution in [2.75, 3.05) is 13.1 Å². The van der Waals surface area contributed by atoms with Crippen LogP contribution in [0.1, 0.15) is 24.2 Å². The summed E-state index contributed by atoms with van der Waals surface area (Å²) in [4.78, 5) is 19.1. The zero-order valence-corrected chi connectivity index (χ0v) is 21.3. The number of aromatic nitrogens is 2. The summed E-state index contributed by atoms with van der Waals surface area (Å²) in [6.07, 6.45) is 3.43. The second-order valence-electron chi connectivity index (χ2n) is 9.03. The molecule has 5 rings (SSSR count). The predicted octanol–water partition coefficient (Wildman–Crippen LogP) is 4.63. The summed E-state index contributed by atoms with van der Waals surface area (Å²) in [5.41, 5.74) is 2.74. The lowest BCUT2D eigenvalue weighted by Gasteiger charge is -2.44. The Hall–Kier alpha value is -3.40. The summed E-state index contributed by atoms with van der Waals surface area (Å²) in [5, 5.41) is 13.3. The number of halogens is 1. The zero-order valence-electron chi connectivity index (χ0n) is 19.7. The summed E-state index contributed by atoms with van der Waals surface area (Å²) in [7, 11) is -4.09. The van der Waals surface area contributed by atoms with Crippen LogP contribution >= 0.6 is 11.6 Å². The molecule has 1 fully saturated rings. The first-order valence-electron chi connectivity index (χ1n) is 11.5. The van der Waals surface area contributed by atoms with Gasteiger partial charge in [-0.05, 0) is 73.5 Å². The van der Waals surface area contributed by atoms with Crippen molar-refractivity contribution < 1.29 is 13.2 Å². The van der Waals surface area contributed by atoms with E-state index >= 15 is 0 Å². The number of hydrogen-bond acceptors (Lipinski definition) is 5. The Kier molecular flexibility index (Phi) is 6.23. The van der Waals surface area contributed by atoms with Gasteiger partial charge in [-0.25, -0.2) is 8.42 Å². The monoisotopic (exact) mass is 523 g/mol. The van der Waals surface area contributed by atoms with Crippen molar-refractivity contribution in [1.82, 2.24) is 18.9 Å². The van der Waals surface area contributed by atoms with E-state index < -0.39 is 22.1 Å². The highest BCUT2D eigenvalue weighted by molar-refractivity contribution is 7.89. The van der Waals surface area contributed by atoms with Gasteiger partial charge in [-0.2, -0.15) is 4.31 Å². The minimum atomic E-state index is -4.09. The van der Waals surface area contributed by atoms with Crippen LogP contribution in [0.5, 0.6) is 0 Å². The maximum absolute atomic E-state index is 13.4. The number of nitrogens with zero attached hydrogens (tertiary/aromatic N) is 4. The highest BCUT2D eigenvalue weighted by atomic mass is 35.5. The van der Waals surface area contributed by atoms with Crippen LogP contribution in [0.4, 0.5) is 0 Å². The van der Waals surface area contributed by atoms with E-state index in [1.165, 1.54) is 16.4 Å². The Morgan fingerprint density at radius 2 is 1.56 bits per heavy atom. The molecule has 0 N–H and O–H groups in total. The maximum atomic E-state index is 13.4. The van der Waals surface area contributed by atoms with Crippen molar-refractivity contribution in [2.24, 2.45) is 0 Å². The van der Waals surface area contributed by atoms with Gasteiger partial charge in [0.15, 0.2) is 0 Å². The van der Waals surface area contributed by atoms with E-state index in [-0.39, 0.29) is 29.5 Å². The Labute approximate surface area is 214 Å². The van der Waals surface area contributed by atoms with Crippen LogP contribution in [0.25, 0.3) is 22.0 Å². The van der Waals surface area contributed by atoms with Crippen molar-refractivity contribution in [2.45, 2.75) is 31.0 Å². The van der Waals surface area contributed by atoms with E-state index in [1.54, 1.807) is 41.6 Å². The lowest BCUT2D eigenvalue weighted by Crippen LogP contribution is -2.59. The molecule has 2 aromatic heterocycles. The quantitative estimate of drug-likeness (QED) is 0.388. The molecular formula is C26H24ClN4O4S-. The molecule has 36 heavy (non-hydrogen) atoms. The largest absolute Gasteiger partial charge is 0.805 e. The number of sulfonamides is 1. The number of carbonyl (C=O) groups is 1. The summed E-state index contributed by atoms with van der Waals surface area (Å²) < 4.78 is 28.6. The van der Waals surface area contributed by atoms with Crippen LogP contribution in [0.2, 0.25) is 5.02 Å². The highest BCUT2D eigenvalue weighted by Crippen LogP contribution is 2.30. The first kappa shape index (κ1) is 24.3. The Morgan fingerprint density at radius 3 is 2.19 bits per heavy atom. The number of piperazine rings is 1. The van der Waals surface area contributed by atoms with Crippen molar-refractivity contribution in [1.29, 1.82) is 0 Å². The van der Waals surface area contributed by atoms with Gasteiger partial charge in [0.05, 0.1) is 0 Å². The number of amides is 1. The molecule has 1 aliphatic heterocycles. The fraction of sp³-hybridized carbons (Fsp3) is 0.231. The first-order valence-corrected chi connectivity index (χ1v) is 13.3. The van der Waals surface area contributed by atoms with Crippen molar-refractivity contribution in [3.8, 4) is 11.1 Å². The molecule has 1 amide bonds. The number of benzene rings is 2. The number of fused-ring (bicyclic) bond motifs is 1. The lowest BCUT2D eigenvalue weighted by molar-refractivity contribution is 0.0440. The van der Waals surface area contributed by atoms with Crippen LogP contribution in [0.15, 0.2) is 78.1 Å². The number of rotatable bonds is 4. The molecule has 8 nitrogen and oxygen atoms in total. The molecule has 2 aromatic carbocycles. The van der Waals surface area contributed by atoms with Crippen LogP contribution in [0.3, 0.4) is 0 Å². The van der Waals surface area contributed by atoms with Crippen molar-refractivity contribution >= 4 is 38.4 Å². The topological polar surface area (TPSA) is 98.6 Å². The molecule has 2 atom stereocenters. The average molecular weight is 524 g/mol. The summed E-state index contributed by atoms with van der Waals surface area (Å²) >= 11 is 6.01. The van der Waals surface area contributed by atoms with Gasteiger partial charge in [0.1, 0.15) is 5.03 Å². The smallest absolute Gasteiger partial charge is 0.258 e. The molecule has 10 heteroatoms. The van der Waals surface area contributed by atoms with Gasteiger partial charge in [0, 0.05) is 59.1 Å². The fourth-order valence-corrected chi connectivity index (χ4v) is 6.67. The van der Waals surface area contributed by atoms with Gasteiger partial charge in [0.25, 0.3) is 15.9 Å². The molecule has 0 radical (unpaired) electrons. The number of carbonyl (C=O) groups excluding carboxylic acids is 1. The molecule has 0 unspecified atom stereocenters. The molecule has 186 valence electrons. The fourth-order valence-electron chi connectivity index (χ4n) is 4.82. The molecule has 0 bridgehead atoms. The standard InChI is InChI=1S/C26H24ClN4O4S/c1-17-15-29(36(34,35)25-14-22-13-23(27)7-8-24(22)31(25)33)16-18(2)30(17)26(32)21-5-3-19(4-6-21)20-9-11-28-12-10-20/h3-14,17-18H,15-16H2,1-2H3/q-1/t17-,18+. The third kappa shape index (κ3) is 4.23. The molecule has 4 aromatic rings. The molecule has 1 saturated heterocycles. The van der Waals surface area contributed by atoms with E-state index in [1.807, 2.05) is 38.1 Å². The van der Waals surface area contributed by atoms with E-state index in [9.17, 15) is 18.4 Å². The third-order valence-corrected chi connectivity index (χ3v) is 8.58. The molecule has 1 aliphatic rings. The van der Waals surface area contributed by atoms with Crippen LogP contribution < -0.4 is 0 Å². The maximum Gasteiger partial charge on any atom is 0.258 e. The van der Waals surface area contributed by atoms with Gasteiger partial charge in [-0.15, -0.1) is 0 Å². The Balaban J connectivity index is 1.37. The zero-order chi connectivity index (χ0) is 25.6. The SMILES string of the molecule is C[C@@H]1CN(S(=O)(=O)c2cc3cc(Cl)ccc3n2[O-])C[C@H](C)N1C(=O)c1ccc(-c2ccncc2)cc1. The van der Waals surface area contributed by atoms with Gasteiger partial charge < -0.3 is 14.8 Å². The average Bonchev–Trinajstić information content (AvgIpc) is 3.20. The van der Waals surface area contributed by atoms with Gasteiger partial charge in [0.2, 0.25) is 0 Å². The third-order valence-electron chi connectivity index (χ3n) is 6.56. The molecular weight excluding hydrogens is 500 g/mol. The Morgan fingerprint density at radius 1 is 0.944 bits per heavy atom. The van der Waals surface area contributed by atoms with Crippen LogP contribution in [-0.2, 0) is 10.0 Å². The van der Waals surface area contributed by atoms with Crippen molar-refractivity contribution in [3.63, 3.8) is 0 Å². The van der Waals surface area contributed by atoms with Gasteiger partial charge >= 0.3 is 0 Å². The molecule has 0 saturated carbocycles.